The molecule has 1 aromatic rings. The first-order valence-electron chi connectivity index (χ1n) is 4.67. The minimum Gasteiger partial charge on any atom is -0.397 e. The number of rotatable bonds is 2. The maximum atomic E-state index is 5.87. The lowest BCUT2D eigenvalue weighted by Crippen LogP contribution is -2.19. The molecule has 78 valence electrons. The van der Waals surface area contributed by atoms with Crippen molar-refractivity contribution in [3.8, 4) is 0 Å². The van der Waals surface area contributed by atoms with Crippen LogP contribution in [-0.2, 0) is 0 Å². The predicted octanol–water partition coefficient (Wildman–Crippen LogP) is 3.38. The van der Waals surface area contributed by atoms with Crippen molar-refractivity contribution in [1.29, 1.82) is 0 Å². The van der Waals surface area contributed by atoms with Gasteiger partial charge in [-0.3, -0.25) is 0 Å². The molecule has 0 fully saturated rings. The summed E-state index contributed by atoms with van der Waals surface area (Å²) in [4.78, 5) is 0. The summed E-state index contributed by atoms with van der Waals surface area (Å²) in [5.41, 5.74) is 7.67. The summed E-state index contributed by atoms with van der Waals surface area (Å²) in [5.74, 6) is 0. The molecule has 3 N–H and O–H groups in total. The zero-order valence-electron chi connectivity index (χ0n) is 8.89. The van der Waals surface area contributed by atoms with Gasteiger partial charge in [0.1, 0.15) is 0 Å². The summed E-state index contributed by atoms with van der Waals surface area (Å²) in [7, 11) is 0. The average molecular weight is 213 g/mol. The van der Waals surface area contributed by atoms with Crippen LogP contribution in [0.3, 0.4) is 0 Å². The van der Waals surface area contributed by atoms with Gasteiger partial charge in [-0.1, -0.05) is 32.4 Å². The van der Waals surface area contributed by atoms with Crippen LogP contribution in [0.25, 0.3) is 0 Å². The van der Waals surface area contributed by atoms with E-state index in [0.717, 1.165) is 17.9 Å². The van der Waals surface area contributed by atoms with Crippen LogP contribution in [-0.4, -0.2) is 6.54 Å². The Morgan fingerprint density at radius 2 is 2.00 bits per heavy atom. The molecule has 0 aliphatic carbocycles. The van der Waals surface area contributed by atoms with Crippen molar-refractivity contribution in [3.63, 3.8) is 0 Å². The Labute approximate surface area is 90.4 Å². The Balaban J connectivity index is 2.72. The minimum absolute atomic E-state index is 0.231. The quantitative estimate of drug-likeness (QED) is 0.738. The third-order valence-corrected chi connectivity index (χ3v) is 2.06. The molecule has 0 saturated carbocycles. The number of anilines is 2. The molecule has 0 spiro atoms. The fourth-order valence-corrected chi connectivity index (χ4v) is 1.21. The second-order valence-corrected chi connectivity index (χ2v) is 5.08. The third kappa shape index (κ3) is 3.46. The summed E-state index contributed by atoms with van der Waals surface area (Å²) in [6.07, 6.45) is 0. The van der Waals surface area contributed by atoms with Crippen molar-refractivity contribution in [3.05, 3.63) is 23.2 Å². The fraction of sp³-hybridized carbons (Fsp3) is 0.455. The number of nitrogens with two attached hydrogens (primary N) is 1. The van der Waals surface area contributed by atoms with Crippen LogP contribution in [0, 0.1) is 5.41 Å². The van der Waals surface area contributed by atoms with Crippen molar-refractivity contribution in [1.82, 2.24) is 0 Å². The van der Waals surface area contributed by atoms with Gasteiger partial charge in [-0.15, -0.1) is 0 Å². The Morgan fingerprint density at radius 3 is 2.57 bits per heavy atom. The minimum atomic E-state index is 0.231. The fourth-order valence-electron chi connectivity index (χ4n) is 1.04. The molecule has 0 amide bonds. The Hall–Kier alpha value is -0.890. The summed E-state index contributed by atoms with van der Waals surface area (Å²) in [6.45, 7) is 7.37. The highest BCUT2D eigenvalue weighted by Crippen LogP contribution is 2.24. The zero-order chi connectivity index (χ0) is 10.8. The van der Waals surface area contributed by atoms with E-state index in [2.05, 4.69) is 26.1 Å². The van der Waals surface area contributed by atoms with E-state index in [9.17, 15) is 0 Å². The van der Waals surface area contributed by atoms with Crippen LogP contribution in [0.4, 0.5) is 11.4 Å². The lowest BCUT2D eigenvalue weighted by atomic mass is 9.97. The normalized spacial score (nSPS) is 11.4. The number of hydrogen-bond acceptors (Lipinski definition) is 2. The van der Waals surface area contributed by atoms with Crippen molar-refractivity contribution >= 4 is 23.0 Å². The zero-order valence-corrected chi connectivity index (χ0v) is 9.65. The van der Waals surface area contributed by atoms with Crippen LogP contribution >= 0.6 is 11.6 Å². The van der Waals surface area contributed by atoms with E-state index in [1.165, 1.54) is 0 Å². The van der Waals surface area contributed by atoms with E-state index in [0.29, 0.717) is 5.02 Å². The molecule has 1 aromatic carbocycles. The van der Waals surface area contributed by atoms with E-state index >= 15 is 0 Å². The van der Waals surface area contributed by atoms with Gasteiger partial charge >= 0.3 is 0 Å². The topological polar surface area (TPSA) is 38.0 Å². The van der Waals surface area contributed by atoms with E-state index in [-0.39, 0.29) is 5.41 Å². The van der Waals surface area contributed by atoms with Crippen molar-refractivity contribution < 1.29 is 0 Å². The van der Waals surface area contributed by atoms with E-state index in [1.807, 2.05) is 12.1 Å². The molecule has 0 unspecified atom stereocenters. The molecule has 0 saturated heterocycles. The van der Waals surface area contributed by atoms with Gasteiger partial charge in [0.25, 0.3) is 0 Å². The average Bonchev–Trinajstić information content (AvgIpc) is 2.05. The number of hydrogen-bond donors (Lipinski definition) is 2. The first kappa shape index (κ1) is 11.2. The van der Waals surface area contributed by atoms with Crippen molar-refractivity contribution in [2.24, 2.45) is 5.41 Å². The summed E-state index contributed by atoms with van der Waals surface area (Å²) in [6, 6.07) is 5.45. The SMILES string of the molecule is CC(C)(C)CNc1cc(Cl)ccc1N. The first-order chi connectivity index (χ1) is 6.38. The summed E-state index contributed by atoms with van der Waals surface area (Å²) < 4.78 is 0. The molecular formula is C11H17ClN2. The molecule has 0 aromatic heterocycles. The van der Waals surface area contributed by atoms with Crippen LogP contribution in [0.5, 0.6) is 0 Å². The van der Waals surface area contributed by atoms with Crippen LogP contribution < -0.4 is 11.1 Å². The second-order valence-electron chi connectivity index (χ2n) is 4.65. The molecule has 0 bridgehead atoms. The van der Waals surface area contributed by atoms with Gasteiger partial charge in [0.15, 0.2) is 0 Å². The third-order valence-electron chi connectivity index (χ3n) is 1.82. The molecule has 0 heterocycles. The van der Waals surface area contributed by atoms with Crippen LogP contribution in [0.2, 0.25) is 5.02 Å². The van der Waals surface area contributed by atoms with Gasteiger partial charge < -0.3 is 11.1 Å². The smallest absolute Gasteiger partial charge is 0.0589 e. The number of benzene rings is 1. The maximum Gasteiger partial charge on any atom is 0.0589 e. The number of halogens is 1. The van der Waals surface area contributed by atoms with E-state index < -0.39 is 0 Å². The van der Waals surface area contributed by atoms with Gasteiger partial charge in [-0.25, -0.2) is 0 Å². The van der Waals surface area contributed by atoms with Crippen molar-refractivity contribution in [2.75, 3.05) is 17.6 Å². The van der Waals surface area contributed by atoms with Gasteiger partial charge in [0.2, 0.25) is 0 Å². The second kappa shape index (κ2) is 4.09. The van der Waals surface area contributed by atoms with Gasteiger partial charge in [-0.2, -0.15) is 0 Å². The molecule has 3 heteroatoms. The summed E-state index contributed by atoms with van der Waals surface area (Å²) in [5, 5.41) is 3.99. The Morgan fingerprint density at radius 1 is 1.36 bits per heavy atom. The van der Waals surface area contributed by atoms with E-state index in [1.54, 1.807) is 6.07 Å². The lowest BCUT2D eigenvalue weighted by Gasteiger charge is -2.20. The molecule has 0 aliphatic heterocycles. The monoisotopic (exact) mass is 212 g/mol. The van der Waals surface area contributed by atoms with Crippen molar-refractivity contribution in [2.45, 2.75) is 20.8 Å². The maximum absolute atomic E-state index is 5.87. The molecule has 0 aliphatic rings. The highest BCUT2D eigenvalue weighted by atomic mass is 35.5. The molecule has 2 nitrogen and oxygen atoms in total. The van der Waals surface area contributed by atoms with Gasteiger partial charge in [0, 0.05) is 11.6 Å². The summed E-state index contributed by atoms with van der Waals surface area (Å²) >= 11 is 5.87. The van der Waals surface area contributed by atoms with Crippen LogP contribution in [0.1, 0.15) is 20.8 Å². The van der Waals surface area contributed by atoms with E-state index in [4.69, 9.17) is 17.3 Å². The molecule has 1 rings (SSSR count). The first-order valence-corrected chi connectivity index (χ1v) is 5.05. The van der Waals surface area contributed by atoms with Gasteiger partial charge in [-0.05, 0) is 23.6 Å². The Bertz CT molecular complexity index is 316. The molecule has 14 heavy (non-hydrogen) atoms. The molecule has 0 radical (unpaired) electrons. The standard InChI is InChI=1S/C11H17ClN2/c1-11(2,3)7-14-10-6-8(12)4-5-9(10)13/h4-6,14H,7,13H2,1-3H3. The Kier molecular flexibility index (Phi) is 3.27. The highest BCUT2D eigenvalue weighted by molar-refractivity contribution is 6.31. The highest BCUT2D eigenvalue weighted by Gasteiger charge is 2.10. The van der Waals surface area contributed by atoms with Gasteiger partial charge in [0.05, 0.1) is 11.4 Å². The molecular weight excluding hydrogens is 196 g/mol. The number of nitrogens with one attached hydrogen (secondary N) is 1. The number of nitrogen functional groups attached to an aromatic ring is 1. The largest absolute Gasteiger partial charge is 0.397 e. The van der Waals surface area contributed by atoms with Crippen LogP contribution in [0.15, 0.2) is 18.2 Å². The molecule has 0 atom stereocenters. The predicted molar refractivity (Wildman–Crippen MR) is 63.8 cm³/mol. The lowest BCUT2D eigenvalue weighted by molar-refractivity contribution is 0.443.